The molecule has 0 saturated heterocycles. The predicted molar refractivity (Wildman–Crippen MR) is 54.3 cm³/mol. The van der Waals surface area contributed by atoms with Crippen molar-refractivity contribution in [3.05, 3.63) is 34.1 Å². The largest absolute Gasteiger partial charge is 0.206 e. The van der Waals surface area contributed by atoms with E-state index in [1.54, 1.807) is 12.1 Å². The molecule has 0 saturated carbocycles. The molecular weight excluding hydrogens is 310 g/mol. The fraction of sp³-hybridized carbons (Fsp3) is 0.143. The summed E-state index contributed by atoms with van der Waals surface area (Å²) in [5, 5.41) is 0. The summed E-state index contributed by atoms with van der Waals surface area (Å²) < 4.78 is 13.0. The van der Waals surface area contributed by atoms with Gasteiger partial charge in [0.05, 0.1) is 4.47 Å². The van der Waals surface area contributed by atoms with Gasteiger partial charge in [-0.15, -0.1) is 24.0 Å². The molecule has 0 atom stereocenters. The Morgan fingerprint density at radius 1 is 1.40 bits per heavy atom. The van der Waals surface area contributed by atoms with Gasteiger partial charge in [0.25, 0.3) is 0 Å². The second-order valence-corrected chi connectivity index (χ2v) is 2.77. The summed E-state index contributed by atoms with van der Waals surface area (Å²) in [6.07, 6.45) is 0. The molecule has 0 aliphatic heterocycles. The van der Waals surface area contributed by atoms with E-state index in [4.69, 9.17) is 0 Å². The maximum absolute atomic E-state index is 12.5. The zero-order valence-corrected chi connectivity index (χ0v) is 9.31. The molecule has 0 radical (unpaired) electrons. The molecule has 0 aliphatic rings. The van der Waals surface area contributed by atoms with Crippen LogP contribution in [-0.4, -0.2) is 0 Å². The van der Waals surface area contributed by atoms with Gasteiger partial charge in [-0.2, -0.15) is 0 Å². The van der Waals surface area contributed by atoms with E-state index in [1.807, 2.05) is 6.92 Å². The van der Waals surface area contributed by atoms with Gasteiger partial charge in [-0.1, -0.05) is 6.07 Å². The first-order valence-corrected chi connectivity index (χ1v) is 3.41. The van der Waals surface area contributed by atoms with E-state index >= 15 is 0 Å². The minimum absolute atomic E-state index is 0. The van der Waals surface area contributed by atoms with Gasteiger partial charge in [0.2, 0.25) is 0 Å². The molecule has 0 N–H and O–H groups in total. The van der Waals surface area contributed by atoms with E-state index in [9.17, 15) is 4.39 Å². The molecule has 1 rings (SSSR count). The van der Waals surface area contributed by atoms with E-state index in [0.717, 1.165) is 5.56 Å². The molecule has 0 heterocycles. The first-order valence-electron chi connectivity index (χ1n) is 2.62. The van der Waals surface area contributed by atoms with Gasteiger partial charge >= 0.3 is 0 Å². The van der Waals surface area contributed by atoms with Gasteiger partial charge in [-0.3, -0.25) is 0 Å². The zero-order valence-electron chi connectivity index (χ0n) is 5.40. The van der Waals surface area contributed by atoms with Gasteiger partial charge < -0.3 is 0 Å². The highest BCUT2D eigenvalue weighted by Crippen LogP contribution is 2.15. The molecule has 10 heavy (non-hydrogen) atoms. The van der Waals surface area contributed by atoms with Crippen molar-refractivity contribution in [2.75, 3.05) is 0 Å². The van der Waals surface area contributed by atoms with Gasteiger partial charge in [0, 0.05) is 0 Å². The van der Waals surface area contributed by atoms with Crippen LogP contribution in [0.25, 0.3) is 0 Å². The average Bonchev–Trinajstić information content (AvgIpc) is 1.80. The summed E-state index contributed by atoms with van der Waals surface area (Å²) in [4.78, 5) is 0. The Bertz CT molecular complexity index is 225. The normalized spacial score (nSPS) is 8.70. The molecule has 3 heteroatoms. The van der Waals surface area contributed by atoms with E-state index in [1.165, 1.54) is 6.07 Å². The quantitative estimate of drug-likeness (QED) is 0.643. The Balaban J connectivity index is 0.000000810. The van der Waals surface area contributed by atoms with Crippen LogP contribution < -0.4 is 0 Å². The number of halogens is 3. The Morgan fingerprint density at radius 3 is 2.40 bits per heavy atom. The highest BCUT2D eigenvalue weighted by Gasteiger charge is 1.94. The lowest BCUT2D eigenvalue weighted by Gasteiger charge is -1.93. The third-order valence-electron chi connectivity index (χ3n) is 1.08. The van der Waals surface area contributed by atoms with Crippen LogP contribution in [0, 0.1) is 12.7 Å². The van der Waals surface area contributed by atoms with Crippen LogP contribution in [0.3, 0.4) is 0 Å². The van der Waals surface area contributed by atoms with Crippen LogP contribution in [0.4, 0.5) is 4.39 Å². The zero-order chi connectivity index (χ0) is 6.85. The van der Waals surface area contributed by atoms with Crippen LogP contribution in [0.5, 0.6) is 0 Å². The summed E-state index contributed by atoms with van der Waals surface area (Å²) in [5.41, 5.74) is 1.06. The molecule has 0 nitrogen and oxygen atoms in total. The third-order valence-corrected chi connectivity index (χ3v) is 1.68. The van der Waals surface area contributed by atoms with Gasteiger partial charge in [0.15, 0.2) is 0 Å². The topological polar surface area (TPSA) is 0 Å². The van der Waals surface area contributed by atoms with E-state index < -0.39 is 0 Å². The monoisotopic (exact) mass is 316 g/mol. The molecular formula is C7H7BrFI. The van der Waals surface area contributed by atoms with Crippen molar-refractivity contribution < 1.29 is 4.39 Å². The predicted octanol–water partition coefficient (Wildman–Crippen LogP) is 3.51. The molecule has 0 amide bonds. The van der Waals surface area contributed by atoms with Gasteiger partial charge in [-0.25, -0.2) is 4.39 Å². The van der Waals surface area contributed by atoms with Gasteiger partial charge in [-0.05, 0) is 40.5 Å². The van der Waals surface area contributed by atoms with E-state index in [2.05, 4.69) is 15.9 Å². The van der Waals surface area contributed by atoms with Crippen LogP contribution in [0.2, 0.25) is 0 Å². The number of hydrogen-bond donors (Lipinski definition) is 0. The minimum atomic E-state index is -0.208. The fourth-order valence-corrected chi connectivity index (χ4v) is 1.09. The molecule has 0 bridgehead atoms. The van der Waals surface area contributed by atoms with E-state index in [0.29, 0.717) is 4.47 Å². The van der Waals surface area contributed by atoms with Crippen LogP contribution in [0.1, 0.15) is 5.56 Å². The molecule has 0 aromatic heterocycles. The molecule has 1 aromatic carbocycles. The Kier molecular flexibility index (Phi) is 4.44. The lowest BCUT2D eigenvalue weighted by atomic mass is 10.2. The molecule has 0 unspecified atom stereocenters. The SMILES string of the molecule is Cc1ccc(F)c(Br)c1.I. The molecule has 0 aliphatic carbocycles. The number of benzene rings is 1. The van der Waals surface area contributed by atoms with Crippen LogP contribution in [-0.2, 0) is 0 Å². The van der Waals surface area contributed by atoms with Crippen molar-refractivity contribution in [3.8, 4) is 0 Å². The minimum Gasteiger partial charge on any atom is -0.206 e. The number of hydrogen-bond acceptors (Lipinski definition) is 0. The Hall–Kier alpha value is 0.360. The second kappa shape index (κ2) is 4.28. The highest BCUT2D eigenvalue weighted by atomic mass is 127. The molecule has 56 valence electrons. The van der Waals surface area contributed by atoms with Crippen molar-refractivity contribution in [2.24, 2.45) is 0 Å². The molecule has 1 aromatic rings. The third kappa shape index (κ3) is 2.54. The first-order chi connectivity index (χ1) is 4.20. The maximum atomic E-state index is 12.5. The van der Waals surface area contributed by atoms with Crippen LogP contribution >= 0.6 is 39.9 Å². The number of aryl methyl sites for hydroxylation is 1. The van der Waals surface area contributed by atoms with E-state index in [-0.39, 0.29) is 29.8 Å². The van der Waals surface area contributed by atoms with Crippen molar-refractivity contribution >= 4 is 39.9 Å². The summed E-state index contributed by atoms with van der Waals surface area (Å²) in [7, 11) is 0. The van der Waals surface area contributed by atoms with Gasteiger partial charge in [0.1, 0.15) is 5.82 Å². The van der Waals surface area contributed by atoms with Crippen molar-refractivity contribution in [2.45, 2.75) is 6.92 Å². The summed E-state index contributed by atoms with van der Waals surface area (Å²) in [5.74, 6) is -0.208. The standard InChI is InChI=1S/C7H6BrF.HI/c1-5-2-3-7(9)6(8)4-5;/h2-4H,1H3;1H. The smallest absolute Gasteiger partial charge is 0.137 e. The highest BCUT2D eigenvalue weighted by molar-refractivity contribution is 14.0. The van der Waals surface area contributed by atoms with Crippen molar-refractivity contribution in [1.29, 1.82) is 0 Å². The summed E-state index contributed by atoms with van der Waals surface area (Å²) >= 11 is 3.07. The Morgan fingerprint density at radius 2 is 2.00 bits per heavy atom. The lowest BCUT2D eigenvalue weighted by molar-refractivity contribution is 0.620. The first kappa shape index (κ1) is 10.4. The lowest BCUT2D eigenvalue weighted by Crippen LogP contribution is -1.76. The summed E-state index contributed by atoms with van der Waals surface area (Å²) in [6, 6.07) is 4.93. The van der Waals surface area contributed by atoms with Crippen molar-refractivity contribution in [1.82, 2.24) is 0 Å². The maximum Gasteiger partial charge on any atom is 0.137 e. The summed E-state index contributed by atoms with van der Waals surface area (Å²) in [6.45, 7) is 1.92. The molecule has 0 spiro atoms. The number of rotatable bonds is 0. The second-order valence-electron chi connectivity index (χ2n) is 1.92. The fourth-order valence-electron chi connectivity index (χ4n) is 0.601. The Labute approximate surface area is 85.0 Å². The van der Waals surface area contributed by atoms with Crippen molar-refractivity contribution in [3.63, 3.8) is 0 Å². The average molecular weight is 317 g/mol. The molecule has 0 fully saturated rings. The van der Waals surface area contributed by atoms with Crippen LogP contribution in [0.15, 0.2) is 22.7 Å².